The standard InChI is InChI=1S/C15H21NO3/c1-4-5-12-8-11(9-13(16)15(17)18)6-7-14(12)19-10(2)3/h4-8,10,13H,9,16H2,1-3H3,(H,17,18)/b5-4-/t13-/m0/s1. The third-order valence-corrected chi connectivity index (χ3v) is 2.56. The molecule has 0 unspecified atom stereocenters. The molecule has 0 saturated heterocycles. The molecule has 0 aliphatic carbocycles. The fourth-order valence-electron chi connectivity index (χ4n) is 1.74. The average molecular weight is 263 g/mol. The predicted octanol–water partition coefficient (Wildman–Crippen LogP) is 2.46. The van der Waals surface area contributed by atoms with Crippen LogP contribution in [0.5, 0.6) is 5.75 Å². The molecule has 0 aliphatic rings. The summed E-state index contributed by atoms with van der Waals surface area (Å²) >= 11 is 0. The highest BCUT2D eigenvalue weighted by atomic mass is 16.5. The molecule has 0 spiro atoms. The molecule has 0 aliphatic heterocycles. The van der Waals surface area contributed by atoms with Crippen LogP contribution in [-0.2, 0) is 11.2 Å². The zero-order valence-electron chi connectivity index (χ0n) is 11.6. The van der Waals surface area contributed by atoms with E-state index in [1.165, 1.54) is 0 Å². The number of ether oxygens (including phenoxy) is 1. The minimum absolute atomic E-state index is 0.0936. The fourth-order valence-corrected chi connectivity index (χ4v) is 1.74. The molecule has 1 aromatic carbocycles. The Morgan fingerprint density at radius 1 is 1.47 bits per heavy atom. The van der Waals surface area contributed by atoms with E-state index in [1.807, 2.05) is 51.1 Å². The summed E-state index contributed by atoms with van der Waals surface area (Å²) in [6.45, 7) is 5.86. The number of hydrogen-bond donors (Lipinski definition) is 2. The van der Waals surface area contributed by atoms with Gasteiger partial charge in [-0.05, 0) is 44.9 Å². The summed E-state index contributed by atoms with van der Waals surface area (Å²) in [5, 5.41) is 8.83. The van der Waals surface area contributed by atoms with Crippen LogP contribution in [0.15, 0.2) is 24.3 Å². The highest BCUT2D eigenvalue weighted by Crippen LogP contribution is 2.23. The number of hydrogen-bond acceptors (Lipinski definition) is 3. The Morgan fingerprint density at radius 3 is 2.68 bits per heavy atom. The zero-order chi connectivity index (χ0) is 14.4. The van der Waals surface area contributed by atoms with Crippen LogP contribution in [-0.4, -0.2) is 23.2 Å². The Balaban J connectivity index is 2.98. The molecule has 0 radical (unpaired) electrons. The van der Waals surface area contributed by atoms with E-state index in [0.717, 1.165) is 16.9 Å². The van der Waals surface area contributed by atoms with Crippen molar-refractivity contribution in [3.05, 3.63) is 35.4 Å². The monoisotopic (exact) mass is 263 g/mol. The third-order valence-electron chi connectivity index (χ3n) is 2.56. The molecule has 104 valence electrons. The first-order valence-corrected chi connectivity index (χ1v) is 6.34. The minimum atomic E-state index is -0.991. The molecule has 0 amide bonds. The van der Waals surface area contributed by atoms with Gasteiger partial charge in [-0.2, -0.15) is 0 Å². The van der Waals surface area contributed by atoms with Crippen LogP contribution in [0, 0.1) is 0 Å². The van der Waals surface area contributed by atoms with E-state index >= 15 is 0 Å². The lowest BCUT2D eigenvalue weighted by Gasteiger charge is -2.14. The molecule has 1 aromatic rings. The number of carboxylic acids is 1. The smallest absolute Gasteiger partial charge is 0.320 e. The first-order valence-electron chi connectivity index (χ1n) is 6.34. The third kappa shape index (κ3) is 4.75. The van der Waals surface area contributed by atoms with Gasteiger partial charge in [0, 0.05) is 5.56 Å². The summed E-state index contributed by atoms with van der Waals surface area (Å²) in [6, 6.07) is 4.75. The topological polar surface area (TPSA) is 72.6 Å². The van der Waals surface area contributed by atoms with Crippen molar-refractivity contribution in [1.29, 1.82) is 0 Å². The van der Waals surface area contributed by atoms with Crippen molar-refractivity contribution in [2.24, 2.45) is 5.73 Å². The average Bonchev–Trinajstić information content (AvgIpc) is 2.32. The Kier molecular flexibility index (Phi) is 5.57. The highest BCUT2D eigenvalue weighted by Gasteiger charge is 2.13. The SMILES string of the molecule is C/C=C\c1cc(C[C@H](N)C(=O)O)ccc1OC(C)C. The summed E-state index contributed by atoms with van der Waals surface area (Å²) in [6.07, 6.45) is 4.26. The molecule has 0 saturated carbocycles. The molecule has 0 aromatic heterocycles. The lowest BCUT2D eigenvalue weighted by molar-refractivity contribution is -0.138. The Hall–Kier alpha value is -1.81. The Labute approximate surface area is 113 Å². The number of nitrogens with two attached hydrogens (primary N) is 1. The normalized spacial score (nSPS) is 12.9. The molecule has 0 heterocycles. The summed E-state index contributed by atoms with van der Waals surface area (Å²) in [4.78, 5) is 10.8. The first-order chi connectivity index (χ1) is 8.93. The van der Waals surface area contributed by atoms with Crippen molar-refractivity contribution in [3.8, 4) is 5.75 Å². The molecular formula is C15H21NO3. The van der Waals surface area contributed by atoms with E-state index in [-0.39, 0.29) is 6.10 Å². The molecule has 0 fully saturated rings. The molecule has 4 heteroatoms. The Bertz CT molecular complexity index is 466. The van der Waals surface area contributed by atoms with Crippen molar-refractivity contribution >= 4 is 12.0 Å². The van der Waals surface area contributed by atoms with Gasteiger partial charge in [-0.25, -0.2) is 0 Å². The maximum atomic E-state index is 10.8. The second-order valence-electron chi connectivity index (χ2n) is 4.69. The van der Waals surface area contributed by atoms with Gasteiger partial charge in [-0.3, -0.25) is 4.79 Å². The lowest BCUT2D eigenvalue weighted by Crippen LogP contribution is -2.32. The Morgan fingerprint density at radius 2 is 2.16 bits per heavy atom. The minimum Gasteiger partial charge on any atom is -0.490 e. The van der Waals surface area contributed by atoms with E-state index in [2.05, 4.69) is 0 Å². The van der Waals surface area contributed by atoms with Crippen LogP contribution in [0.25, 0.3) is 6.08 Å². The summed E-state index contributed by atoms with van der Waals surface area (Å²) in [5.74, 6) is -0.198. The van der Waals surface area contributed by atoms with Crippen LogP contribution in [0.4, 0.5) is 0 Å². The molecule has 19 heavy (non-hydrogen) atoms. The van der Waals surface area contributed by atoms with Crippen molar-refractivity contribution in [1.82, 2.24) is 0 Å². The molecular weight excluding hydrogens is 242 g/mol. The van der Waals surface area contributed by atoms with E-state index in [0.29, 0.717) is 6.42 Å². The van der Waals surface area contributed by atoms with E-state index < -0.39 is 12.0 Å². The van der Waals surface area contributed by atoms with Crippen molar-refractivity contribution < 1.29 is 14.6 Å². The van der Waals surface area contributed by atoms with Gasteiger partial charge in [-0.15, -0.1) is 0 Å². The quantitative estimate of drug-likeness (QED) is 0.827. The van der Waals surface area contributed by atoms with Crippen LogP contribution < -0.4 is 10.5 Å². The van der Waals surface area contributed by atoms with Crippen LogP contribution in [0.2, 0.25) is 0 Å². The molecule has 1 rings (SSSR count). The van der Waals surface area contributed by atoms with Gasteiger partial charge in [-0.1, -0.05) is 18.2 Å². The number of benzene rings is 1. The summed E-state index contributed by atoms with van der Waals surface area (Å²) in [7, 11) is 0. The van der Waals surface area contributed by atoms with Gasteiger partial charge in [0.25, 0.3) is 0 Å². The van der Waals surface area contributed by atoms with Gasteiger partial charge >= 0.3 is 5.97 Å². The zero-order valence-corrected chi connectivity index (χ0v) is 11.6. The molecule has 4 nitrogen and oxygen atoms in total. The van der Waals surface area contributed by atoms with Crippen LogP contribution in [0.1, 0.15) is 31.9 Å². The van der Waals surface area contributed by atoms with Gasteiger partial charge in [0.1, 0.15) is 11.8 Å². The number of carboxylic acid groups (broad SMARTS) is 1. The van der Waals surface area contributed by atoms with Crippen LogP contribution in [0.3, 0.4) is 0 Å². The second kappa shape index (κ2) is 6.95. The second-order valence-corrected chi connectivity index (χ2v) is 4.69. The number of aliphatic carboxylic acids is 1. The molecule has 1 atom stereocenters. The van der Waals surface area contributed by atoms with Crippen LogP contribution >= 0.6 is 0 Å². The van der Waals surface area contributed by atoms with Crippen molar-refractivity contribution in [2.45, 2.75) is 39.3 Å². The summed E-state index contributed by atoms with van der Waals surface area (Å²) in [5.41, 5.74) is 7.37. The maximum Gasteiger partial charge on any atom is 0.320 e. The highest BCUT2D eigenvalue weighted by molar-refractivity contribution is 5.73. The maximum absolute atomic E-state index is 10.8. The largest absolute Gasteiger partial charge is 0.490 e. The van der Waals surface area contributed by atoms with E-state index in [9.17, 15) is 4.79 Å². The van der Waals surface area contributed by atoms with Gasteiger partial charge in [0.05, 0.1) is 6.10 Å². The molecule has 3 N–H and O–H groups in total. The first kappa shape index (κ1) is 15.2. The predicted molar refractivity (Wildman–Crippen MR) is 76.2 cm³/mol. The van der Waals surface area contributed by atoms with Gasteiger partial charge in [0.2, 0.25) is 0 Å². The van der Waals surface area contributed by atoms with E-state index in [4.69, 9.17) is 15.6 Å². The number of carbonyl (C=O) groups is 1. The van der Waals surface area contributed by atoms with Crippen molar-refractivity contribution in [2.75, 3.05) is 0 Å². The lowest BCUT2D eigenvalue weighted by atomic mass is 10.0. The fraction of sp³-hybridized carbons (Fsp3) is 0.400. The molecule has 0 bridgehead atoms. The number of rotatable bonds is 6. The van der Waals surface area contributed by atoms with Gasteiger partial charge < -0.3 is 15.6 Å². The van der Waals surface area contributed by atoms with Crippen molar-refractivity contribution in [3.63, 3.8) is 0 Å². The van der Waals surface area contributed by atoms with Gasteiger partial charge in [0.15, 0.2) is 0 Å². The summed E-state index contributed by atoms with van der Waals surface area (Å²) < 4.78 is 5.71. The number of allylic oxidation sites excluding steroid dienone is 1. The van der Waals surface area contributed by atoms with E-state index in [1.54, 1.807) is 0 Å².